The van der Waals surface area contributed by atoms with Gasteiger partial charge in [-0.3, -0.25) is 9.59 Å². The number of amides is 1. The lowest BCUT2D eigenvalue weighted by molar-refractivity contribution is -0.151. The highest BCUT2D eigenvalue weighted by Gasteiger charge is 2.24. The Morgan fingerprint density at radius 2 is 1.00 bits per heavy atom. The third kappa shape index (κ3) is 41.5. The Kier molecular flexibility index (Phi) is 44.3. The highest BCUT2D eigenvalue weighted by atomic mass is 16.5. The van der Waals surface area contributed by atoms with Crippen LogP contribution in [0.5, 0.6) is 0 Å². The summed E-state index contributed by atoms with van der Waals surface area (Å²) in [5.74, 6) is -0.535. The molecule has 0 aromatic rings. The molecule has 0 fully saturated rings. The lowest BCUT2D eigenvalue weighted by Gasteiger charge is -2.24. The van der Waals surface area contributed by atoms with E-state index in [-0.39, 0.29) is 24.9 Å². The molecule has 0 bridgehead atoms. The molecule has 0 aromatic carbocycles. The standard InChI is InChI=1S/C54H91NO5/c1-4-7-10-13-16-19-21-23-25-26-27-28-30-32-35-38-41-44-47-54(59)60-50(45-42-39-36-34-31-29-24-22-20-17-14-11-8-5-2)48-53(58)55-51(49-56)52(57)46-43-40-37-33-18-15-12-9-6-3/h8,10-11,13,16-17,19-21,23-29,50-52,56-57H,4-7,9,12,14-15,18,22,30-49H2,1-3H3,(H,55,58)/b11-8+,13-10+,19-16+,20-17+,23-21+,26-25+,28-27+,29-24+. The molecule has 0 saturated heterocycles. The van der Waals surface area contributed by atoms with Crippen LogP contribution >= 0.6 is 0 Å². The maximum atomic E-state index is 13.2. The highest BCUT2D eigenvalue weighted by Crippen LogP contribution is 2.17. The van der Waals surface area contributed by atoms with Gasteiger partial charge in [0.2, 0.25) is 5.91 Å². The van der Waals surface area contributed by atoms with E-state index in [1.54, 1.807) is 0 Å². The van der Waals surface area contributed by atoms with Crippen molar-refractivity contribution in [2.75, 3.05) is 6.61 Å². The first-order chi connectivity index (χ1) is 29.5. The molecule has 0 radical (unpaired) electrons. The van der Waals surface area contributed by atoms with Gasteiger partial charge in [0.15, 0.2) is 0 Å². The lowest BCUT2D eigenvalue weighted by atomic mass is 10.0. The number of aliphatic hydroxyl groups is 2. The van der Waals surface area contributed by atoms with Crippen LogP contribution in [0.25, 0.3) is 0 Å². The van der Waals surface area contributed by atoms with E-state index in [4.69, 9.17) is 4.74 Å². The smallest absolute Gasteiger partial charge is 0.306 e. The molecule has 0 saturated carbocycles. The first-order valence-electron chi connectivity index (χ1n) is 24.5. The van der Waals surface area contributed by atoms with Crippen molar-refractivity contribution in [2.24, 2.45) is 0 Å². The summed E-state index contributed by atoms with van der Waals surface area (Å²) in [7, 11) is 0. The fourth-order valence-corrected chi connectivity index (χ4v) is 6.83. The number of allylic oxidation sites excluding steroid dienone is 16. The summed E-state index contributed by atoms with van der Waals surface area (Å²) >= 11 is 0. The fraction of sp³-hybridized carbons (Fsp3) is 0.667. The number of carbonyl (C=O) groups excluding carboxylic acids is 2. The zero-order chi connectivity index (χ0) is 43.8. The minimum absolute atomic E-state index is 0.0459. The average Bonchev–Trinajstić information content (AvgIpc) is 3.24. The van der Waals surface area contributed by atoms with Crippen LogP contribution in [0.2, 0.25) is 0 Å². The minimum Gasteiger partial charge on any atom is -0.462 e. The third-order valence-corrected chi connectivity index (χ3v) is 10.5. The van der Waals surface area contributed by atoms with Gasteiger partial charge in [-0.15, -0.1) is 0 Å². The molecule has 3 unspecified atom stereocenters. The van der Waals surface area contributed by atoms with Crippen molar-refractivity contribution < 1.29 is 24.5 Å². The quantitative estimate of drug-likeness (QED) is 0.0246. The van der Waals surface area contributed by atoms with Gasteiger partial charge in [0.05, 0.1) is 25.2 Å². The predicted octanol–water partition coefficient (Wildman–Crippen LogP) is 14.6. The number of aliphatic hydroxyl groups excluding tert-OH is 2. The van der Waals surface area contributed by atoms with Crippen LogP contribution in [-0.4, -0.2) is 46.9 Å². The van der Waals surface area contributed by atoms with Crippen molar-refractivity contribution in [3.05, 3.63) is 97.2 Å². The van der Waals surface area contributed by atoms with Crippen molar-refractivity contribution in [2.45, 2.75) is 225 Å². The van der Waals surface area contributed by atoms with Gasteiger partial charge >= 0.3 is 5.97 Å². The summed E-state index contributed by atoms with van der Waals surface area (Å²) in [6.45, 7) is 6.24. The van der Waals surface area contributed by atoms with Gasteiger partial charge in [0.25, 0.3) is 0 Å². The number of esters is 1. The lowest BCUT2D eigenvalue weighted by Crippen LogP contribution is -2.46. The van der Waals surface area contributed by atoms with Crippen molar-refractivity contribution in [3.8, 4) is 0 Å². The zero-order valence-electron chi connectivity index (χ0n) is 38.8. The summed E-state index contributed by atoms with van der Waals surface area (Å²) in [4.78, 5) is 26.1. The molecule has 6 heteroatoms. The molecule has 3 atom stereocenters. The van der Waals surface area contributed by atoms with E-state index in [9.17, 15) is 19.8 Å². The molecule has 342 valence electrons. The van der Waals surface area contributed by atoms with Crippen molar-refractivity contribution in [3.63, 3.8) is 0 Å². The largest absolute Gasteiger partial charge is 0.462 e. The Hall–Kier alpha value is -3.22. The Balaban J connectivity index is 4.69. The molecular weight excluding hydrogens is 743 g/mol. The average molecular weight is 834 g/mol. The summed E-state index contributed by atoms with van der Waals surface area (Å²) in [5, 5.41) is 23.6. The van der Waals surface area contributed by atoms with Crippen molar-refractivity contribution in [1.82, 2.24) is 5.32 Å². The number of hydrogen-bond acceptors (Lipinski definition) is 5. The van der Waals surface area contributed by atoms with E-state index in [1.165, 1.54) is 44.9 Å². The molecule has 0 rings (SSSR count). The first-order valence-corrected chi connectivity index (χ1v) is 24.5. The van der Waals surface area contributed by atoms with Gasteiger partial charge in [-0.25, -0.2) is 0 Å². The molecule has 0 heterocycles. The molecule has 0 aliphatic carbocycles. The maximum Gasteiger partial charge on any atom is 0.306 e. The monoisotopic (exact) mass is 834 g/mol. The van der Waals surface area contributed by atoms with E-state index in [0.717, 1.165) is 116 Å². The molecule has 0 aliphatic rings. The SMILES string of the molecule is CC/C=C/C/C=C/C/C=C/CCCCCCC(CC(=O)NC(CO)C(O)CCCCCCCCCCC)OC(=O)CCCCCCC/C=C/C=C/C=C/C=C/C=C/CCC. The molecular formula is C54H91NO5. The van der Waals surface area contributed by atoms with Gasteiger partial charge in [-0.1, -0.05) is 214 Å². The topological polar surface area (TPSA) is 95.9 Å². The van der Waals surface area contributed by atoms with Crippen molar-refractivity contribution in [1.29, 1.82) is 0 Å². The van der Waals surface area contributed by atoms with Crippen LogP contribution in [0.4, 0.5) is 0 Å². The van der Waals surface area contributed by atoms with Gasteiger partial charge in [-0.2, -0.15) is 0 Å². The molecule has 1 amide bonds. The van der Waals surface area contributed by atoms with Crippen LogP contribution in [0.1, 0.15) is 207 Å². The van der Waals surface area contributed by atoms with Gasteiger partial charge in [-0.05, 0) is 77.0 Å². The second-order valence-electron chi connectivity index (χ2n) is 16.2. The maximum absolute atomic E-state index is 13.2. The molecule has 0 aromatic heterocycles. The fourth-order valence-electron chi connectivity index (χ4n) is 6.83. The summed E-state index contributed by atoms with van der Waals surface area (Å²) in [5.41, 5.74) is 0. The van der Waals surface area contributed by atoms with Crippen LogP contribution < -0.4 is 5.32 Å². The Bertz CT molecular complexity index is 1210. The predicted molar refractivity (Wildman–Crippen MR) is 259 cm³/mol. The Labute approximate surface area is 369 Å². The summed E-state index contributed by atoms with van der Waals surface area (Å²) in [6.07, 6.45) is 61.7. The van der Waals surface area contributed by atoms with Gasteiger partial charge < -0.3 is 20.3 Å². The zero-order valence-corrected chi connectivity index (χ0v) is 38.8. The Morgan fingerprint density at radius 1 is 0.517 bits per heavy atom. The number of ether oxygens (including phenoxy) is 1. The number of hydrogen-bond donors (Lipinski definition) is 3. The summed E-state index contributed by atoms with van der Waals surface area (Å²) in [6, 6.07) is -0.719. The first kappa shape index (κ1) is 56.8. The normalized spacial score (nSPS) is 14.2. The second-order valence-corrected chi connectivity index (χ2v) is 16.2. The van der Waals surface area contributed by atoms with Crippen LogP contribution in [0, 0.1) is 0 Å². The van der Waals surface area contributed by atoms with E-state index < -0.39 is 18.2 Å². The highest BCUT2D eigenvalue weighted by molar-refractivity contribution is 5.77. The molecule has 60 heavy (non-hydrogen) atoms. The molecule has 6 nitrogen and oxygen atoms in total. The number of carbonyl (C=O) groups is 2. The van der Waals surface area contributed by atoms with E-state index >= 15 is 0 Å². The Morgan fingerprint density at radius 3 is 1.58 bits per heavy atom. The second kappa shape index (κ2) is 46.8. The summed E-state index contributed by atoms with van der Waals surface area (Å²) < 4.78 is 5.90. The molecule has 0 aliphatic heterocycles. The van der Waals surface area contributed by atoms with Crippen LogP contribution in [0.3, 0.4) is 0 Å². The van der Waals surface area contributed by atoms with Crippen LogP contribution in [-0.2, 0) is 14.3 Å². The van der Waals surface area contributed by atoms with Crippen molar-refractivity contribution >= 4 is 11.9 Å². The molecule has 0 spiro atoms. The third-order valence-electron chi connectivity index (χ3n) is 10.5. The number of rotatable bonds is 42. The minimum atomic E-state index is -0.802. The van der Waals surface area contributed by atoms with Gasteiger partial charge in [0, 0.05) is 6.42 Å². The van der Waals surface area contributed by atoms with Gasteiger partial charge in [0.1, 0.15) is 6.10 Å². The van der Waals surface area contributed by atoms with E-state index in [1.807, 2.05) is 24.3 Å². The number of nitrogens with one attached hydrogen (secondary N) is 1. The van der Waals surface area contributed by atoms with Crippen LogP contribution in [0.15, 0.2) is 97.2 Å². The van der Waals surface area contributed by atoms with E-state index in [2.05, 4.69) is 99.0 Å². The molecule has 3 N–H and O–H groups in total. The van der Waals surface area contributed by atoms with E-state index in [0.29, 0.717) is 19.3 Å². The number of unbranched alkanes of at least 4 members (excludes halogenated alkanes) is 18.